The second-order valence-corrected chi connectivity index (χ2v) is 7.02. The Bertz CT molecular complexity index is 1160. The van der Waals surface area contributed by atoms with Crippen molar-refractivity contribution >= 4 is 45.4 Å². The van der Waals surface area contributed by atoms with E-state index in [0.29, 0.717) is 11.3 Å². The number of carbonyl (C=O) groups excluding carboxylic acids is 1. The molecule has 29 heavy (non-hydrogen) atoms. The van der Waals surface area contributed by atoms with Crippen molar-refractivity contribution in [3.8, 4) is 5.75 Å². The Hall–Kier alpha value is -3.32. The standard InChI is InChI=1S/C21H19ClN2O5/c1-11(7-19(25)23-14-5-6-17(22)18(8-14)24(26)27)15-9-16-12(2)10-29-21(16)13(3)20(15)28-4/h5-10H,1-4H3,(H,23,25)/b11-7+. The van der Waals surface area contributed by atoms with Gasteiger partial charge in [0.1, 0.15) is 16.4 Å². The molecule has 1 heterocycles. The minimum absolute atomic E-state index is 0.00344. The molecule has 150 valence electrons. The molecule has 0 aliphatic rings. The summed E-state index contributed by atoms with van der Waals surface area (Å²) in [6.45, 7) is 5.64. The number of aryl methyl sites for hydroxylation is 2. The molecule has 3 rings (SSSR count). The van der Waals surface area contributed by atoms with Gasteiger partial charge in [0.25, 0.3) is 5.69 Å². The van der Waals surface area contributed by atoms with Crippen molar-refractivity contribution in [2.24, 2.45) is 0 Å². The monoisotopic (exact) mass is 414 g/mol. The maximum Gasteiger partial charge on any atom is 0.289 e. The molecule has 1 N–H and O–H groups in total. The normalized spacial score (nSPS) is 11.6. The summed E-state index contributed by atoms with van der Waals surface area (Å²) < 4.78 is 11.2. The van der Waals surface area contributed by atoms with Crippen LogP contribution >= 0.6 is 11.6 Å². The molecule has 0 spiro atoms. The average Bonchev–Trinajstić information content (AvgIpc) is 3.04. The fourth-order valence-electron chi connectivity index (χ4n) is 3.18. The van der Waals surface area contributed by atoms with Gasteiger partial charge in [-0.15, -0.1) is 0 Å². The molecule has 2 aromatic carbocycles. The number of methoxy groups -OCH3 is 1. The maximum absolute atomic E-state index is 12.5. The summed E-state index contributed by atoms with van der Waals surface area (Å²) in [5, 5.41) is 14.6. The lowest BCUT2D eigenvalue weighted by Crippen LogP contribution is -2.09. The predicted molar refractivity (Wildman–Crippen MR) is 113 cm³/mol. The van der Waals surface area contributed by atoms with E-state index in [1.807, 2.05) is 19.9 Å². The number of hydrogen-bond donors (Lipinski definition) is 1. The molecule has 0 atom stereocenters. The highest BCUT2D eigenvalue weighted by atomic mass is 35.5. The molecule has 8 heteroatoms. The number of furan rings is 1. The minimum Gasteiger partial charge on any atom is -0.496 e. The first-order valence-electron chi connectivity index (χ1n) is 8.72. The number of carbonyl (C=O) groups is 1. The zero-order chi connectivity index (χ0) is 21.3. The fourth-order valence-corrected chi connectivity index (χ4v) is 3.36. The van der Waals surface area contributed by atoms with Crippen LogP contribution in [0.25, 0.3) is 16.5 Å². The molecule has 3 aromatic rings. The second-order valence-electron chi connectivity index (χ2n) is 6.62. The number of amides is 1. The van der Waals surface area contributed by atoms with Crippen molar-refractivity contribution in [2.75, 3.05) is 12.4 Å². The van der Waals surface area contributed by atoms with E-state index in [1.165, 1.54) is 24.3 Å². The Morgan fingerprint density at radius 3 is 2.69 bits per heavy atom. The summed E-state index contributed by atoms with van der Waals surface area (Å²) in [5.41, 5.74) is 4.01. The van der Waals surface area contributed by atoms with Gasteiger partial charge in [0.15, 0.2) is 0 Å². The number of halogens is 1. The lowest BCUT2D eigenvalue weighted by atomic mass is 9.98. The van der Waals surface area contributed by atoms with Crippen molar-refractivity contribution in [3.63, 3.8) is 0 Å². The number of nitrogens with one attached hydrogen (secondary N) is 1. The molecule has 0 saturated carbocycles. The van der Waals surface area contributed by atoms with Gasteiger partial charge in [-0.25, -0.2) is 0 Å². The van der Waals surface area contributed by atoms with E-state index < -0.39 is 10.8 Å². The van der Waals surface area contributed by atoms with Crippen LogP contribution in [0.5, 0.6) is 5.75 Å². The number of rotatable bonds is 5. The number of anilines is 1. The summed E-state index contributed by atoms with van der Waals surface area (Å²) in [4.78, 5) is 22.9. The first kappa shape index (κ1) is 20.4. The van der Waals surface area contributed by atoms with Gasteiger partial charge in [0.05, 0.1) is 18.3 Å². The molecule has 1 amide bonds. The summed E-state index contributed by atoms with van der Waals surface area (Å²) in [5.74, 6) is 0.193. The summed E-state index contributed by atoms with van der Waals surface area (Å²) in [7, 11) is 1.56. The molecule has 0 saturated heterocycles. The van der Waals surface area contributed by atoms with Gasteiger partial charge < -0.3 is 14.5 Å². The van der Waals surface area contributed by atoms with Gasteiger partial charge >= 0.3 is 0 Å². The molecule has 7 nitrogen and oxygen atoms in total. The predicted octanol–water partition coefficient (Wildman–Crippen LogP) is 5.66. The summed E-state index contributed by atoms with van der Waals surface area (Å²) in [6.07, 6.45) is 3.10. The number of nitrogens with zero attached hydrogens (tertiary/aromatic N) is 1. The van der Waals surface area contributed by atoms with E-state index in [2.05, 4.69) is 5.32 Å². The van der Waals surface area contributed by atoms with Crippen molar-refractivity contribution in [3.05, 3.63) is 68.4 Å². The highest BCUT2D eigenvalue weighted by molar-refractivity contribution is 6.32. The lowest BCUT2D eigenvalue weighted by Gasteiger charge is -2.13. The van der Waals surface area contributed by atoms with Gasteiger partial charge in [0, 0.05) is 34.3 Å². The van der Waals surface area contributed by atoms with Gasteiger partial charge in [-0.05, 0) is 50.1 Å². The van der Waals surface area contributed by atoms with E-state index in [9.17, 15) is 14.9 Å². The number of benzene rings is 2. The van der Waals surface area contributed by atoms with Crippen LogP contribution in [0.15, 0.2) is 41.0 Å². The Labute approximate surface area is 172 Å². The molecule has 0 aliphatic heterocycles. The third-order valence-electron chi connectivity index (χ3n) is 4.62. The quantitative estimate of drug-likeness (QED) is 0.330. The summed E-state index contributed by atoms with van der Waals surface area (Å²) >= 11 is 5.80. The van der Waals surface area contributed by atoms with Crippen molar-refractivity contribution < 1.29 is 18.9 Å². The van der Waals surface area contributed by atoms with Crippen LogP contribution in [0.4, 0.5) is 11.4 Å². The number of nitro groups is 1. The fraction of sp³-hybridized carbons (Fsp3) is 0.190. The largest absolute Gasteiger partial charge is 0.496 e. The van der Waals surface area contributed by atoms with E-state index in [0.717, 1.165) is 27.7 Å². The smallest absolute Gasteiger partial charge is 0.289 e. The van der Waals surface area contributed by atoms with Crippen LogP contribution in [0.3, 0.4) is 0 Å². The first-order chi connectivity index (χ1) is 13.7. The Morgan fingerprint density at radius 2 is 2.03 bits per heavy atom. The molecule has 0 aliphatic carbocycles. The first-order valence-corrected chi connectivity index (χ1v) is 9.09. The van der Waals surface area contributed by atoms with Crippen LogP contribution < -0.4 is 10.1 Å². The van der Waals surface area contributed by atoms with E-state index in [4.69, 9.17) is 20.8 Å². The van der Waals surface area contributed by atoms with Crippen molar-refractivity contribution in [2.45, 2.75) is 20.8 Å². The number of ether oxygens (including phenoxy) is 1. The van der Waals surface area contributed by atoms with Crippen LogP contribution in [0, 0.1) is 24.0 Å². The van der Waals surface area contributed by atoms with E-state index in [-0.39, 0.29) is 16.4 Å². The second kappa shape index (κ2) is 7.97. The minimum atomic E-state index is -0.602. The molecule has 0 unspecified atom stereocenters. The zero-order valence-electron chi connectivity index (χ0n) is 16.3. The maximum atomic E-state index is 12.5. The molecule has 0 fully saturated rings. The third kappa shape index (κ3) is 3.95. The van der Waals surface area contributed by atoms with Gasteiger partial charge in [-0.2, -0.15) is 0 Å². The Kier molecular flexibility index (Phi) is 5.61. The highest BCUT2D eigenvalue weighted by Gasteiger charge is 2.17. The molecule has 0 radical (unpaired) electrons. The average molecular weight is 415 g/mol. The molecule has 1 aromatic heterocycles. The van der Waals surface area contributed by atoms with Gasteiger partial charge in [0.2, 0.25) is 5.91 Å². The number of allylic oxidation sites excluding steroid dienone is 1. The van der Waals surface area contributed by atoms with Gasteiger partial charge in [-0.3, -0.25) is 14.9 Å². The number of hydrogen-bond acceptors (Lipinski definition) is 5. The molecule has 0 bridgehead atoms. The van der Waals surface area contributed by atoms with Gasteiger partial charge in [-0.1, -0.05) is 11.6 Å². The van der Waals surface area contributed by atoms with Crippen LogP contribution in [0.2, 0.25) is 5.02 Å². The summed E-state index contributed by atoms with van der Waals surface area (Å²) in [6, 6.07) is 6.01. The number of nitro benzene ring substituents is 1. The number of fused-ring (bicyclic) bond motifs is 1. The van der Waals surface area contributed by atoms with Crippen molar-refractivity contribution in [1.82, 2.24) is 0 Å². The van der Waals surface area contributed by atoms with E-state index in [1.54, 1.807) is 20.3 Å². The van der Waals surface area contributed by atoms with Crippen LogP contribution in [0.1, 0.15) is 23.6 Å². The van der Waals surface area contributed by atoms with Crippen molar-refractivity contribution in [1.29, 1.82) is 0 Å². The SMILES string of the molecule is COc1c(/C(C)=C/C(=O)Nc2ccc(Cl)c([N+](=O)[O-])c2)cc2c(C)coc2c1C. The third-order valence-corrected chi connectivity index (χ3v) is 4.94. The molecular formula is C21H19ClN2O5. The Balaban J connectivity index is 1.95. The van der Waals surface area contributed by atoms with E-state index >= 15 is 0 Å². The lowest BCUT2D eigenvalue weighted by molar-refractivity contribution is -0.384. The zero-order valence-corrected chi connectivity index (χ0v) is 17.1. The topological polar surface area (TPSA) is 94.6 Å². The Morgan fingerprint density at radius 1 is 1.31 bits per heavy atom. The highest BCUT2D eigenvalue weighted by Crippen LogP contribution is 2.37. The van der Waals surface area contributed by atoms with Crippen LogP contribution in [-0.2, 0) is 4.79 Å². The van der Waals surface area contributed by atoms with Crippen LogP contribution in [-0.4, -0.2) is 17.9 Å². The molecular weight excluding hydrogens is 396 g/mol.